The second kappa shape index (κ2) is 7.96. The van der Waals surface area contributed by atoms with Crippen LogP contribution in [0.1, 0.15) is 18.5 Å². The second-order valence-electron chi connectivity index (χ2n) is 6.99. The van der Waals surface area contributed by atoms with Gasteiger partial charge in [-0.3, -0.25) is 0 Å². The molecule has 0 N–H and O–H groups in total. The van der Waals surface area contributed by atoms with Gasteiger partial charge in [0.25, 0.3) is 0 Å². The highest BCUT2D eigenvalue weighted by Gasteiger charge is 2.23. The van der Waals surface area contributed by atoms with E-state index in [4.69, 9.17) is 9.47 Å². The van der Waals surface area contributed by atoms with Crippen molar-refractivity contribution in [2.75, 3.05) is 31.7 Å². The monoisotopic (exact) mass is 366 g/mol. The quantitative estimate of drug-likeness (QED) is 0.669. The molecule has 0 saturated carbocycles. The highest BCUT2D eigenvalue weighted by molar-refractivity contribution is 5.86. The Morgan fingerprint density at radius 3 is 2.78 bits per heavy atom. The average molecular weight is 366 g/mol. The average Bonchev–Trinajstić information content (AvgIpc) is 3.11. The predicted molar refractivity (Wildman–Crippen MR) is 106 cm³/mol. The Hall–Kier alpha value is -2.60. The summed E-state index contributed by atoms with van der Waals surface area (Å²) < 4.78 is 13.8. The van der Waals surface area contributed by atoms with Crippen molar-refractivity contribution in [3.05, 3.63) is 48.4 Å². The summed E-state index contributed by atoms with van der Waals surface area (Å²) in [5, 5.41) is 1.16. The lowest BCUT2D eigenvalue weighted by molar-refractivity contribution is 0.172. The smallest absolute Gasteiger partial charge is 0.225 e. The second-order valence-corrected chi connectivity index (χ2v) is 6.99. The van der Waals surface area contributed by atoms with Crippen LogP contribution in [0.5, 0.6) is 5.75 Å². The van der Waals surface area contributed by atoms with E-state index in [1.807, 2.05) is 19.2 Å². The molecule has 142 valence electrons. The maximum absolute atomic E-state index is 6.38. The molecule has 0 radical (unpaired) electrons. The fourth-order valence-corrected chi connectivity index (χ4v) is 3.62. The molecule has 4 rings (SSSR count). The summed E-state index contributed by atoms with van der Waals surface area (Å²) in [5.74, 6) is 1.79. The molecule has 6 heteroatoms. The summed E-state index contributed by atoms with van der Waals surface area (Å²) in [6.45, 7) is 5.38. The molecule has 1 aliphatic heterocycles. The first kappa shape index (κ1) is 17.8. The molecule has 0 spiro atoms. The molecule has 0 aliphatic carbocycles. The van der Waals surface area contributed by atoms with Gasteiger partial charge in [0.2, 0.25) is 5.95 Å². The van der Waals surface area contributed by atoms with Crippen LogP contribution in [0, 0.1) is 6.92 Å². The third kappa shape index (κ3) is 3.90. The highest BCUT2D eigenvalue weighted by atomic mass is 16.5. The number of piperidine rings is 1. The largest absolute Gasteiger partial charge is 0.490 e. The lowest BCUT2D eigenvalue weighted by atomic mass is 10.1. The molecule has 1 aliphatic rings. The number of nitrogens with zero attached hydrogens (tertiary/aromatic N) is 4. The fourth-order valence-electron chi connectivity index (χ4n) is 3.62. The Bertz CT molecular complexity index is 900. The molecule has 3 aromatic rings. The van der Waals surface area contributed by atoms with E-state index in [0.29, 0.717) is 6.61 Å². The number of aromatic nitrogens is 3. The van der Waals surface area contributed by atoms with Crippen molar-refractivity contribution in [2.45, 2.75) is 32.4 Å². The SMILES string of the molecule is COCCn1ccc2c(OC3CCN(c4nccc(C)n4)CC3)cccc21. The van der Waals surface area contributed by atoms with Crippen LogP contribution in [0.2, 0.25) is 0 Å². The number of ether oxygens (including phenoxy) is 2. The van der Waals surface area contributed by atoms with Crippen molar-refractivity contribution in [1.82, 2.24) is 14.5 Å². The number of rotatable bonds is 6. The molecular formula is C21H26N4O2. The number of fused-ring (bicyclic) bond motifs is 1. The zero-order chi connectivity index (χ0) is 18.6. The minimum absolute atomic E-state index is 0.221. The van der Waals surface area contributed by atoms with E-state index < -0.39 is 0 Å². The Balaban J connectivity index is 1.42. The van der Waals surface area contributed by atoms with Crippen molar-refractivity contribution >= 4 is 16.9 Å². The number of anilines is 1. The number of benzene rings is 1. The van der Waals surface area contributed by atoms with E-state index in [0.717, 1.165) is 55.3 Å². The summed E-state index contributed by atoms with van der Waals surface area (Å²) in [7, 11) is 1.73. The third-order valence-corrected chi connectivity index (χ3v) is 5.11. The maximum atomic E-state index is 6.38. The molecule has 0 amide bonds. The van der Waals surface area contributed by atoms with Crippen LogP contribution in [0.15, 0.2) is 42.7 Å². The van der Waals surface area contributed by atoms with Crippen LogP contribution in [0.25, 0.3) is 10.9 Å². The Morgan fingerprint density at radius 2 is 2.00 bits per heavy atom. The van der Waals surface area contributed by atoms with Crippen LogP contribution in [-0.2, 0) is 11.3 Å². The van der Waals surface area contributed by atoms with Gasteiger partial charge in [-0.1, -0.05) is 6.07 Å². The molecule has 1 fully saturated rings. The van der Waals surface area contributed by atoms with Gasteiger partial charge >= 0.3 is 0 Å². The number of hydrogen-bond acceptors (Lipinski definition) is 5. The van der Waals surface area contributed by atoms with Gasteiger partial charge in [0.1, 0.15) is 11.9 Å². The van der Waals surface area contributed by atoms with E-state index in [1.165, 1.54) is 5.52 Å². The minimum Gasteiger partial charge on any atom is -0.490 e. The molecule has 3 heterocycles. The summed E-state index contributed by atoms with van der Waals surface area (Å²) in [4.78, 5) is 11.2. The Morgan fingerprint density at radius 1 is 1.15 bits per heavy atom. The lowest BCUT2D eigenvalue weighted by Gasteiger charge is -2.32. The van der Waals surface area contributed by atoms with Crippen molar-refractivity contribution in [3.63, 3.8) is 0 Å². The molecular weight excluding hydrogens is 340 g/mol. The van der Waals surface area contributed by atoms with Crippen LogP contribution < -0.4 is 9.64 Å². The topological polar surface area (TPSA) is 52.4 Å². The van der Waals surface area contributed by atoms with E-state index in [2.05, 4.69) is 49.9 Å². The summed E-state index contributed by atoms with van der Waals surface area (Å²) in [6, 6.07) is 10.3. The van der Waals surface area contributed by atoms with Gasteiger partial charge in [-0.25, -0.2) is 9.97 Å². The van der Waals surface area contributed by atoms with Crippen molar-refractivity contribution in [2.24, 2.45) is 0 Å². The summed E-state index contributed by atoms with van der Waals surface area (Å²) in [5.41, 5.74) is 2.19. The van der Waals surface area contributed by atoms with Crippen molar-refractivity contribution < 1.29 is 9.47 Å². The summed E-state index contributed by atoms with van der Waals surface area (Å²) in [6.07, 6.45) is 6.10. The van der Waals surface area contributed by atoms with E-state index in [1.54, 1.807) is 7.11 Å². The first-order valence-electron chi connectivity index (χ1n) is 9.52. The Labute approximate surface area is 159 Å². The van der Waals surface area contributed by atoms with Crippen molar-refractivity contribution in [3.8, 4) is 5.75 Å². The van der Waals surface area contributed by atoms with Crippen LogP contribution in [-0.4, -0.2) is 47.4 Å². The standard InChI is InChI=1S/C21H26N4O2/c1-16-6-10-22-21(23-16)25-11-7-17(8-12-25)27-20-5-3-4-19-18(20)9-13-24(19)14-15-26-2/h3-6,9-10,13,17H,7-8,11-12,14-15H2,1-2H3. The highest BCUT2D eigenvalue weighted by Crippen LogP contribution is 2.29. The molecule has 2 aromatic heterocycles. The van der Waals surface area contributed by atoms with Gasteiger partial charge in [0, 0.05) is 63.1 Å². The first-order chi connectivity index (χ1) is 13.2. The summed E-state index contributed by atoms with van der Waals surface area (Å²) >= 11 is 0. The molecule has 1 saturated heterocycles. The van der Waals surface area contributed by atoms with Gasteiger partial charge in [-0.15, -0.1) is 0 Å². The number of hydrogen-bond donors (Lipinski definition) is 0. The minimum atomic E-state index is 0.221. The number of methoxy groups -OCH3 is 1. The van der Waals surface area contributed by atoms with Crippen LogP contribution in [0.4, 0.5) is 5.95 Å². The van der Waals surface area contributed by atoms with Gasteiger partial charge in [0.15, 0.2) is 0 Å². The zero-order valence-corrected chi connectivity index (χ0v) is 16.0. The van der Waals surface area contributed by atoms with Gasteiger partial charge in [0.05, 0.1) is 12.1 Å². The maximum Gasteiger partial charge on any atom is 0.225 e. The Kier molecular flexibility index (Phi) is 5.25. The normalized spacial score (nSPS) is 15.4. The van der Waals surface area contributed by atoms with E-state index in [9.17, 15) is 0 Å². The van der Waals surface area contributed by atoms with E-state index >= 15 is 0 Å². The van der Waals surface area contributed by atoms with Crippen molar-refractivity contribution in [1.29, 1.82) is 0 Å². The van der Waals surface area contributed by atoms with E-state index in [-0.39, 0.29) is 6.10 Å². The molecule has 1 aromatic carbocycles. The molecule has 0 bridgehead atoms. The zero-order valence-electron chi connectivity index (χ0n) is 16.0. The van der Waals surface area contributed by atoms with Gasteiger partial charge < -0.3 is 18.9 Å². The third-order valence-electron chi connectivity index (χ3n) is 5.11. The molecule has 0 unspecified atom stereocenters. The predicted octanol–water partition coefficient (Wildman–Crippen LogP) is 3.43. The number of aryl methyl sites for hydroxylation is 1. The molecule has 27 heavy (non-hydrogen) atoms. The van der Waals surface area contributed by atoms with Crippen LogP contribution >= 0.6 is 0 Å². The molecule has 0 atom stereocenters. The van der Waals surface area contributed by atoms with Gasteiger partial charge in [-0.2, -0.15) is 0 Å². The van der Waals surface area contributed by atoms with Gasteiger partial charge in [-0.05, 0) is 31.2 Å². The lowest BCUT2D eigenvalue weighted by Crippen LogP contribution is -2.39. The first-order valence-corrected chi connectivity index (χ1v) is 9.52. The van der Waals surface area contributed by atoms with Crippen LogP contribution in [0.3, 0.4) is 0 Å². The molecule has 6 nitrogen and oxygen atoms in total. The fraction of sp³-hybridized carbons (Fsp3) is 0.429.